The minimum atomic E-state index is -0.0680. The van der Waals surface area contributed by atoms with Crippen LogP contribution in [0.15, 0.2) is 48.5 Å². The number of anilines is 1. The van der Waals surface area contributed by atoms with Gasteiger partial charge in [0.15, 0.2) is 0 Å². The van der Waals surface area contributed by atoms with Crippen LogP contribution in [0.25, 0.3) is 0 Å². The lowest BCUT2D eigenvalue weighted by Crippen LogP contribution is -2.19. The molecule has 0 fully saturated rings. The van der Waals surface area contributed by atoms with E-state index in [1.807, 2.05) is 48.5 Å². The molecule has 1 amide bonds. The molecule has 1 atom stereocenters. The van der Waals surface area contributed by atoms with Crippen molar-refractivity contribution >= 4 is 23.2 Å². The van der Waals surface area contributed by atoms with Crippen molar-refractivity contribution < 1.29 is 4.79 Å². The number of benzene rings is 2. The lowest BCUT2D eigenvalue weighted by Gasteiger charge is -2.17. The summed E-state index contributed by atoms with van der Waals surface area (Å²) in [7, 11) is 0. The van der Waals surface area contributed by atoms with Crippen molar-refractivity contribution in [2.75, 3.05) is 5.32 Å². The summed E-state index contributed by atoms with van der Waals surface area (Å²) < 4.78 is 0. The van der Waals surface area contributed by atoms with Crippen LogP contribution in [0, 0.1) is 0 Å². The van der Waals surface area contributed by atoms with Crippen LogP contribution < -0.4 is 10.6 Å². The van der Waals surface area contributed by atoms with Gasteiger partial charge in [0, 0.05) is 30.2 Å². The van der Waals surface area contributed by atoms with Crippen LogP contribution in [0.4, 0.5) is 5.69 Å². The molecule has 0 heterocycles. The van der Waals surface area contributed by atoms with Gasteiger partial charge in [0.2, 0.25) is 5.91 Å². The highest BCUT2D eigenvalue weighted by molar-refractivity contribution is 6.31. The molecular weight excluding hydrogens is 284 g/mol. The molecule has 0 radical (unpaired) electrons. The number of amides is 1. The Bertz CT molecular complexity index is 628. The third-order valence-electron chi connectivity index (χ3n) is 3.30. The third-order valence-corrected chi connectivity index (χ3v) is 3.64. The summed E-state index contributed by atoms with van der Waals surface area (Å²) in [5.41, 5.74) is 2.95. The van der Waals surface area contributed by atoms with Gasteiger partial charge in [0.1, 0.15) is 0 Å². The van der Waals surface area contributed by atoms with E-state index in [0.29, 0.717) is 6.54 Å². The lowest BCUT2D eigenvalue weighted by atomic mass is 10.1. The van der Waals surface area contributed by atoms with E-state index in [9.17, 15) is 4.79 Å². The Morgan fingerprint density at radius 3 is 2.52 bits per heavy atom. The van der Waals surface area contributed by atoms with Crippen molar-refractivity contribution in [3.63, 3.8) is 0 Å². The molecule has 0 bridgehead atoms. The van der Waals surface area contributed by atoms with E-state index in [1.54, 1.807) is 0 Å². The average Bonchev–Trinajstić information content (AvgIpc) is 2.46. The number of rotatable bonds is 5. The summed E-state index contributed by atoms with van der Waals surface area (Å²) in [6, 6.07) is 15.7. The van der Waals surface area contributed by atoms with Gasteiger partial charge in [-0.1, -0.05) is 48.0 Å². The SMILES string of the molecule is CC(=O)Nc1ccccc1CN[C@@H](C)c1ccccc1Cl. The van der Waals surface area contributed by atoms with Gasteiger partial charge in [-0.05, 0) is 30.2 Å². The zero-order valence-corrected chi connectivity index (χ0v) is 12.9. The molecule has 21 heavy (non-hydrogen) atoms. The van der Waals surface area contributed by atoms with E-state index in [0.717, 1.165) is 21.8 Å². The first kappa shape index (κ1) is 15.5. The maximum Gasteiger partial charge on any atom is 0.221 e. The first-order chi connectivity index (χ1) is 10.1. The predicted molar refractivity (Wildman–Crippen MR) is 87.5 cm³/mol. The summed E-state index contributed by atoms with van der Waals surface area (Å²) in [6.45, 7) is 4.24. The van der Waals surface area contributed by atoms with Gasteiger partial charge in [-0.25, -0.2) is 0 Å². The average molecular weight is 303 g/mol. The van der Waals surface area contributed by atoms with Crippen LogP contribution >= 0.6 is 11.6 Å². The second-order valence-corrected chi connectivity index (χ2v) is 5.37. The molecular formula is C17H19ClN2O. The van der Waals surface area contributed by atoms with E-state index >= 15 is 0 Å². The smallest absolute Gasteiger partial charge is 0.221 e. The Kier molecular flexibility index (Phi) is 5.37. The fourth-order valence-electron chi connectivity index (χ4n) is 2.19. The maximum absolute atomic E-state index is 11.2. The van der Waals surface area contributed by atoms with Gasteiger partial charge in [-0.3, -0.25) is 4.79 Å². The van der Waals surface area contributed by atoms with Gasteiger partial charge in [0.05, 0.1) is 0 Å². The fourth-order valence-corrected chi connectivity index (χ4v) is 2.48. The number of hydrogen-bond donors (Lipinski definition) is 2. The van der Waals surface area contributed by atoms with Gasteiger partial charge < -0.3 is 10.6 Å². The Morgan fingerprint density at radius 2 is 1.81 bits per heavy atom. The van der Waals surface area contributed by atoms with Crippen molar-refractivity contribution in [1.29, 1.82) is 0 Å². The van der Waals surface area contributed by atoms with E-state index in [4.69, 9.17) is 11.6 Å². The lowest BCUT2D eigenvalue weighted by molar-refractivity contribution is -0.114. The Balaban J connectivity index is 2.06. The molecule has 0 saturated heterocycles. The van der Waals surface area contributed by atoms with Crippen LogP contribution in [0.5, 0.6) is 0 Å². The number of nitrogens with one attached hydrogen (secondary N) is 2. The van der Waals surface area contributed by atoms with Gasteiger partial charge >= 0.3 is 0 Å². The molecule has 0 aliphatic rings. The summed E-state index contributed by atoms with van der Waals surface area (Å²) >= 11 is 6.20. The normalized spacial score (nSPS) is 12.0. The van der Waals surface area contributed by atoms with Crippen LogP contribution in [-0.4, -0.2) is 5.91 Å². The highest BCUT2D eigenvalue weighted by Gasteiger charge is 2.10. The number of carbonyl (C=O) groups excluding carboxylic acids is 1. The Hall–Kier alpha value is -1.84. The molecule has 0 spiro atoms. The minimum absolute atomic E-state index is 0.0680. The molecule has 2 aromatic carbocycles. The zero-order valence-electron chi connectivity index (χ0n) is 12.2. The van der Waals surface area contributed by atoms with Crippen molar-refractivity contribution in [3.8, 4) is 0 Å². The molecule has 0 aromatic heterocycles. The topological polar surface area (TPSA) is 41.1 Å². The first-order valence-corrected chi connectivity index (χ1v) is 7.29. The van der Waals surface area contributed by atoms with Gasteiger partial charge in [0.25, 0.3) is 0 Å². The summed E-state index contributed by atoms with van der Waals surface area (Å²) in [6.07, 6.45) is 0. The second kappa shape index (κ2) is 7.25. The largest absolute Gasteiger partial charge is 0.326 e. The van der Waals surface area contributed by atoms with Crippen molar-refractivity contribution in [1.82, 2.24) is 5.32 Å². The van der Waals surface area contributed by atoms with E-state index in [2.05, 4.69) is 17.6 Å². The molecule has 0 saturated carbocycles. The standard InChI is InChI=1S/C17H19ClN2O/c1-12(15-8-4-5-9-16(15)18)19-11-14-7-3-6-10-17(14)20-13(2)21/h3-10,12,19H,11H2,1-2H3,(H,20,21)/t12-/m0/s1. The number of halogens is 1. The summed E-state index contributed by atoms with van der Waals surface area (Å²) in [5, 5.41) is 7.03. The van der Waals surface area contributed by atoms with E-state index < -0.39 is 0 Å². The molecule has 3 nitrogen and oxygen atoms in total. The molecule has 2 rings (SSSR count). The molecule has 0 aliphatic heterocycles. The number of para-hydroxylation sites is 1. The van der Waals surface area contributed by atoms with Crippen LogP contribution in [0.3, 0.4) is 0 Å². The molecule has 2 N–H and O–H groups in total. The fraction of sp³-hybridized carbons (Fsp3) is 0.235. The number of hydrogen-bond acceptors (Lipinski definition) is 2. The maximum atomic E-state index is 11.2. The van der Waals surface area contributed by atoms with Crippen LogP contribution in [0.2, 0.25) is 5.02 Å². The highest BCUT2D eigenvalue weighted by atomic mass is 35.5. The highest BCUT2D eigenvalue weighted by Crippen LogP contribution is 2.23. The molecule has 2 aromatic rings. The Labute approximate surface area is 130 Å². The van der Waals surface area contributed by atoms with Crippen molar-refractivity contribution in [3.05, 3.63) is 64.7 Å². The first-order valence-electron chi connectivity index (χ1n) is 6.91. The van der Waals surface area contributed by atoms with E-state index in [-0.39, 0.29) is 11.9 Å². The molecule has 0 aliphatic carbocycles. The summed E-state index contributed by atoms with van der Waals surface area (Å²) in [5.74, 6) is -0.0680. The molecule has 4 heteroatoms. The third kappa shape index (κ3) is 4.31. The van der Waals surface area contributed by atoms with E-state index in [1.165, 1.54) is 6.92 Å². The summed E-state index contributed by atoms with van der Waals surface area (Å²) in [4.78, 5) is 11.2. The van der Waals surface area contributed by atoms with Crippen molar-refractivity contribution in [2.24, 2.45) is 0 Å². The second-order valence-electron chi connectivity index (χ2n) is 4.96. The van der Waals surface area contributed by atoms with Gasteiger partial charge in [-0.15, -0.1) is 0 Å². The minimum Gasteiger partial charge on any atom is -0.326 e. The van der Waals surface area contributed by atoms with Crippen molar-refractivity contribution in [2.45, 2.75) is 26.4 Å². The zero-order chi connectivity index (χ0) is 15.2. The Morgan fingerprint density at radius 1 is 1.14 bits per heavy atom. The monoisotopic (exact) mass is 302 g/mol. The van der Waals surface area contributed by atoms with Crippen LogP contribution in [-0.2, 0) is 11.3 Å². The quantitative estimate of drug-likeness (QED) is 0.871. The molecule has 110 valence electrons. The predicted octanol–water partition coefficient (Wildman–Crippen LogP) is 4.15. The van der Waals surface area contributed by atoms with Gasteiger partial charge in [-0.2, -0.15) is 0 Å². The molecule has 0 unspecified atom stereocenters. The van der Waals surface area contributed by atoms with Crippen LogP contribution in [0.1, 0.15) is 31.0 Å². The number of carbonyl (C=O) groups is 1.